The maximum Gasteiger partial charge on any atom is 0.373 e. The highest BCUT2D eigenvalue weighted by molar-refractivity contribution is 7.99. The number of methoxy groups -OCH3 is 1. The van der Waals surface area contributed by atoms with Gasteiger partial charge in [0.2, 0.25) is 5.76 Å². The number of aromatic nitrogens is 3. The predicted octanol–water partition coefficient (Wildman–Crippen LogP) is 4.38. The van der Waals surface area contributed by atoms with Crippen molar-refractivity contribution >= 4 is 17.7 Å². The summed E-state index contributed by atoms with van der Waals surface area (Å²) >= 11 is 1.56. The lowest BCUT2D eigenvalue weighted by atomic mass is 10.3. The molecule has 26 heavy (non-hydrogen) atoms. The minimum atomic E-state index is -0.475. The van der Waals surface area contributed by atoms with Crippen molar-refractivity contribution in [2.45, 2.75) is 36.1 Å². The van der Waals surface area contributed by atoms with E-state index in [-0.39, 0.29) is 11.0 Å². The number of esters is 1. The van der Waals surface area contributed by atoms with E-state index in [1.807, 2.05) is 25.1 Å². The summed E-state index contributed by atoms with van der Waals surface area (Å²) in [5.41, 5.74) is 1.06. The Morgan fingerprint density at radius 1 is 1.23 bits per heavy atom. The number of furan rings is 1. The molecule has 1 aliphatic carbocycles. The first-order valence-corrected chi connectivity index (χ1v) is 9.40. The molecule has 134 valence electrons. The Bertz CT molecular complexity index is 915. The fourth-order valence-corrected chi connectivity index (χ4v) is 3.73. The third kappa shape index (κ3) is 3.26. The van der Waals surface area contributed by atoms with Gasteiger partial charge in [-0.25, -0.2) is 4.79 Å². The van der Waals surface area contributed by atoms with Gasteiger partial charge in [0.15, 0.2) is 5.16 Å². The lowest BCUT2D eigenvalue weighted by Crippen LogP contribution is -2.02. The molecule has 1 saturated carbocycles. The quantitative estimate of drug-likeness (QED) is 0.474. The van der Waals surface area contributed by atoms with Gasteiger partial charge in [-0.15, -0.1) is 10.2 Å². The summed E-state index contributed by atoms with van der Waals surface area (Å²) in [7, 11) is 1.34. The monoisotopic (exact) mass is 369 g/mol. The van der Waals surface area contributed by atoms with Crippen LogP contribution in [0.3, 0.4) is 0 Å². The van der Waals surface area contributed by atoms with Crippen LogP contribution in [0.5, 0.6) is 0 Å². The molecular weight excluding hydrogens is 350 g/mol. The first-order valence-electron chi connectivity index (χ1n) is 8.53. The number of rotatable bonds is 6. The van der Waals surface area contributed by atoms with E-state index < -0.39 is 5.97 Å². The van der Waals surface area contributed by atoms with Gasteiger partial charge in [-0.1, -0.05) is 30.0 Å². The largest absolute Gasteiger partial charge is 0.463 e. The number of para-hydroxylation sites is 1. The fourth-order valence-electron chi connectivity index (χ4n) is 2.78. The minimum absolute atomic E-state index is 0.0212. The van der Waals surface area contributed by atoms with Gasteiger partial charge in [-0.3, -0.25) is 4.57 Å². The van der Waals surface area contributed by atoms with E-state index in [1.54, 1.807) is 23.9 Å². The number of hydrogen-bond donors (Lipinski definition) is 0. The Balaban J connectivity index is 1.62. The summed E-state index contributed by atoms with van der Waals surface area (Å²) in [5, 5.41) is 9.66. The van der Waals surface area contributed by atoms with Crippen molar-refractivity contribution < 1.29 is 13.9 Å². The first kappa shape index (κ1) is 16.9. The van der Waals surface area contributed by atoms with Crippen molar-refractivity contribution in [3.63, 3.8) is 0 Å². The summed E-state index contributed by atoms with van der Waals surface area (Å²) in [6.07, 6.45) is 2.32. The number of carbonyl (C=O) groups excluding carboxylic acids is 1. The number of nitrogens with zero attached hydrogens (tertiary/aromatic N) is 3. The Morgan fingerprint density at radius 2 is 2.00 bits per heavy atom. The summed E-state index contributed by atoms with van der Waals surface area (Å²) in [6, 6.07) is 13.6. The van der Waals surface area contributed by atoms with Crippen LogP contribution in [0.25, 0.3) is 5.69 Å². The van der Waals surface area contributed by atoms with E-state index in [4.69, 9.17) is 9.15 Å². The summed E-state index contributed by atoms with van der Waals surface area (Å²) in [4.78, 5) is 11.6. The molecular formula is C19H19N3O3S. The lowest BCUT2D eigenvalue weighted by molar-refractivity contribution is 0.0563. The highest BCUT2D eigenvalue weighted by atomic mass is 32.2. The molecule has 7 heteroatoms. The van der Waals surface area contributed by atoms with Crippen LogP contribution < -0.4 is 0 Å². The van der Waals surface area contributed by atoms with Crippen LogP contribution >= 0.6 is 11.8 Å². The molecule has 1 atom stereocenters. The van der Waals surface area contributed by atoms with E-state index in [9.17, 15) is 4.79 Å². The SMILES string of the molecule is COC(=O)c1ccc(C(C)Sc2nnc(C3CC3)n2-c2ccccc2)o1. The molecule has 0 spiro atoms. The van der Waals surface area contributed by atoms with Gasteiger partial charge in [-0.05, 0) is 44.0 Å². The third-order valence-electron chi connectivity index (χ3n) is 4.31. The van der Waals surface area contributed by atoms with Crippen molar-refractivity contribution in [1.82, 2.24) is 14.8 Å². The van der Waals surface area contributed by atoms with Gasteiger partial charge in [0, 0.05) is 11.6 Å². The lowest BCUT2D eigenvalue weighted by Gasteiger charge is -2.12. The highest BCUT2D eigenvalue weighted by Gasteiger charge is 2.31. The topological polar surface area (TPSA) is 70.2 Å². The number of hydrogen-bond acceptors (Lipinski definition) is 6. The molecule has 0 radical (unpaired) electrons. The van der Waals surface area contributed by atoms with Gasteiger partial charge in [0.1, 0.15) is 11.6 Å². The molecule has 1 aromatic carbocycles. The Hall–Kier alpha value is -2.54. The molecule has 0 bridgehead atoms. The molecule has 0 saturated heterocycles. The summed E-state index contributed by atoms with van der Waals surface area (Å²) < 4.78 is 12.5. The zero-order valence-electron chi connectivity index (χ0n) is 14.6. The summed E-state index contributed by atoms with van der Waals surface area (Å²) in [5.74, 6) is 1.93. The zero-order chi connectivity index (χ0) is 18.1. The number of carbonyl (C=O) groups is 1. The Morgan fingerprint density at radius 3 is 2.69 bits per heavy atom. The van der Waals surface area contributed by atoms with Crippen LogP contribution in [-0.2, 0) is 4.74 Å². The highest BCUT2D eigenvalue weighted by Crippen LogP contribution is 2.43. The molecule has 0 amide bonds. The van der Waals surface area contributed by atoms with Gasteiger partial charge < -0.3 is 9.15 Å². The molecule has 0 N–H and O–H groups in total. The Labute approximate surface area is 155 Å². The molecule has 1 unspecified atom stereocenters. The second-order valence-electron chi connectivity index (χ2n) is 6.24. The molecule has 2 aromatic heterocycles. The molecule has 1 fully saturated rings. The zero-order valence-corrected chi connectivity index (χ0v) is 15.4. The van der Waals surface area contributed by atoms with Crippen LogP contribution in [0, 0.1) is 0 Å². The summed E-state index contributed by atoms with van der Waals surface area (Å²) in [6.45, 7) is 2.02. The van der Waals surface area contributed by atoms with E-state index in [1.165, 1.54) is 7.11 Å². The average Bonchev–Trinajstić information content (AvgIpc) is 3.24. The van der Waals surface area contributed by atoms with Gasteiger partial charge in [-0.2, -0.15) is 0 Å². The van der Waals surface area contributed by atoms with Crippen LogP contribution in [0.2, 0.25) is 0 Å². The van der Waals surface area contributed by atoms with E-state index >= 15 is 0 Å². The molecule has 3 aromatic rings. The average molecular weight is 369 g/mol. The number of thioether (sulfide) groups is 1. The van der Waals surface area contributed by atoms with E-state index in [0.717, 1.165) is 29.5 Å². The molecule has 4 rings (SSSR count). The van der Waals surface area contributed by atoms with E-state index in [0.29, 0.717) is 11.7 Å². The number of ether oxygens (including phenoxy) is 1. The first-order chi connectivity index (χ1) is 12.7. The third-order valence-corrected chi connectivity index (χ3v) is 5.37. The van der Waals surface area contributed by atoms with Crippen molar-refractivity contribution in [3.05, 3.63) is 59.8 Å². The standard InChI is InChI=1S/C19H19N3O3S/c1-12(15-10-11-16(25-15)18(23)24-2)26-19-21-20-17(13-8-9-13)22(19)14-6-4-3-5-7-14/h3-7,10-13H,8-9H2,1-2H3. The smallest absolute Gasteiger partial charge is 0.373 e. The van der Waals surface area contributed by atoms with Crippen molar-refractivity contribution in [2.24, 2.45) is 0 Å². The van der Waals surface area contributed by atoms with Crippen LogP contribution in [0.1, 0.15) is 53.1 Å². The van der Waals surface area contributed by atoms with E-state index in [2.05, 4.69) is 26.9 Å². The van der Waals surface area contributed by atoms with Crippen molar-refractivity contribution in [3.8, 4) is 5.69 Å². The molecule has 2 heterocycles. The second kappa shape index (κ2) is 6.99. The van der Waals surface area contributed by atoms with Gasteiger partial charge >= 0.3 is 5.97 Å². The molecule has 6 nitrogen and oxygen atoms in total. The minimum Gasteiger partial charge on any atom is -0.463 e. The Kier molecular flexibility index (Phi) is 4.55. The van der Waals surface area contributed by atoms with Gasteiger partial charge in [0.25, 0.3) is 0 Å². The van der Waals surface area contributed by atoms with Crippen LogP contribution in [0.15, 0.2) is 52.0 Å². The van der Waals surface area contributed by atoms with Crippen molar-refractivity contribution in [2.75, 3.05) is 7.11 Å². The molecule has 1 aliphatic rings. The van der Waals surface area contributed by atoms with Crippen LogP contribution in [0.4, 0.5) is 0 Å². The second-order valence-corrected chi connectivity index (χ2v) is 7.55. The maximum absolute atomic E-state index is 11.6. The van der Waals surface area contributed by atoms with Crippen molar-refractivity contribution in [1.29, 1.82) is 0 Å². The fraction of sp³-hybridized carbons (Fsp3) is 0.316. The molecule has 0 aliphatic heterocycles. The predicted molar refractivity (Wildman–Crippen MR) is 97.7 cm³/mol. The normalized spacial score (nSPS) is 15.0. The van der Waals surface area contributed by atoms with Gasteiger partial charge in [0.05, 0.1) is 12.4 Å². The number of benzene rings is 1. The maximum atomic E-state index is 11.6. The van der Waals surface area contributed by atoms with Crippen LogP contribution in [-0.4, -0.2) is 27.8 Å².